The Morgan fingerprint density at radius 1 is 1.09 bits per heavy atom. The summed E-state index contributed by atoms with van der Waals surface area (Å²) in [6.45, 7) is 1.79. The Bertz CT molecular complexity index is 1210. The minimum absolute atomic E-state index is 0.00802. The van der Waals surface area contributed by atoms with Crippen LogP contribution < -0.4 is 0 Å². The van der Waals surface area contributed by atoms with Crippen LogP contribution >= 0.6 is 11.3 Å². The molecule has 1 N–H and O–H groups in total. The van der Waals surface area contributed by atoms with Gasteiger partial charge in [-0.15, -0.1) is 11.3 Å². The molecule has 7 heteroatoms. The lowest BCUT2D eigenvalue weighted by Gasteiger charge is -2.36. The summed E-state index contributed by atoms with van der Waals surface area (Å²) >= 11 is 1.29. The Labute approximate surface area is 196 Å². The number of nitrogens with zero attached hydrogens (tertiary/aromatic N) is 3. The van der Waals surface area contributed by atoms with Gasteiger partial charge in [0, 0.05) is 24.0 Å². The molecule has 1 aromatic carbocycles. The molecule has 0 saturated heterocycles. The molecule has 1 unspecified atom stereocenters. The van der Waals surface area contributed by atoms with Crippen LogP contribution in [0.2, 0.25) is 0 Å². The van der Waals surface area contributed by atoms with Crippen molar-refractivity contribution in [3.63, 3.8) is 0 Å². The highest BCUT2D eigenvalue weighted by Crippen LogP contribution is 2.43. The Kier molecular flexibility index (Phi) is 5.81. The van der Waals surface area contributed by atoms with Gasteiger partial charge in [-0.05, 0) is 31.4 Å². The van der Waals surface area contributed by atoms with Crippen LogP contribution in [0.3, 0.4) is 0 Å². The third-order valence-electron chi connectivity index (χ3n) is 6.48. The number of amides is 1. The van der Waals surface area contributed by atoms with Crippen LogP contribution in [0.1, 0.15) is 59.1 Å². The minimum atomic E-state index is -0.650. The number of carbonyl (C=O) groups excluding carboxylic acids is 2. The van der Waals surface area contributed by atoms with Crippen LogP contribution in [0.4, 0.5) is 0 Å². The number of aromatic nitrogens is 2. The number of thiazole rings is 1. The van der Waals surface area contributed by atoms with Crippen molar-refractivity contribution in [1.82, 2.24) is 14.9 Å². The molecule has 1 aliphatic heterocycles. The molecular weight excluding hydrogens is 434 g/mol. The second kappa shape index (κ2) is 8.90. The van der Waals surface area contributed by atoms with Crippen molar-refractivity contribution < 1.29 is 14.7 Å². The number of hydrogen-bond acceptors (Lipinski definition) is 6. The third-order valence-corrected chi connectivity index (χ3v) is 7.69. The summed E-state index contributed by atoms with van der Waals surface area (Å²) in [5, 5.41) is 11.7. The van der Waals surface area contributed by atoms with E-state index < -0.39 is 17.7 Å². The van der Waals surface area contributed by atoms with E-state index in [-0.39, 0.29) is 17.4 Å². The Morgan fingerprint density at radius 3 is 2.55 bits per heavy atom. The number of rotatable bonds is 5. The molecule has 1 aliphatic carbocycles. The van der Waals surface area contributed by atoms with E-state index in [2.05, 4.69) is 9.97 Å². The summed E-state index contributed by atoms with van der Waals surface area (Å²) in [4.78, 5) is 38.1. The molecule has 3 heterocycles. The molecule has 6 nitrogen and oxygen atoms in total. The lowest BCUT2D eigenvalue weighted by atomic mass is 9.90. The maximum absolute atomic E-state index is 13.8. The molecule has 33 heavy (non-hydrogen) atoms. The van der Waals surface area contributed by atoms with Gasteiger partial charge in [0.2, 0.25) is 5.78 Å². The lowest BCUT2D eigenvalue weighted by Crippen LogP contribution is -2.41. The van der Waals surface area contributed by atoms with Gasteiger partial charge in [-0.2, -0.15) is 0 Å². The van der Waals surface area contributed by atoms with Gasteiger partial charge in [0.25, 0.3) is 5.91 Å². The van der Waals surface area contributed by atoms with Crippen molar-refractivity contribution >= 4 is 23.0 Å². The highest BCUT2D eigenvalue weighted by atomic mass is 32.1. The number of ketones is 1. The zero-order valence-corrected chi connectivity index (χ0v) is 19.2. The van der Waals surface area contributed by atoms with Crippen LogP contribution in [-0.4, -0.2) is 37.7 Å². The topological polar surface area (TPSA) is 83.4 Å². The van der Waals surface area contributed by atoms with E-state index in [0.717, 1.165) is 48.2 Å². The first-order valence-electron chi connectivity index (χ1n) is 11.3. The van der Waals surface area contributed by atoms with Crippen molar-refractivity contribution in [2.45, 2.75) is 51.1 Å². The molecule has 0 radical (unpaired) electrons. The van der Waals surface area contributed by atoms with Gasteiger partial charge in [0.1, 0.15) is 5.01 Å². The molecule has 0 spiro atoms. The largest absolute Gasteiger partial charge is 0.503 e. The van der Waals surface area contributed by atoms with Crippen molar-refractivity contribution in [2.24, 2.45) is 0 Å². The summed E-state index contributed by atoms with van der Waals surface area (Å²) < 4.78 is 0. The van der Waals surface area contributed by atoms with Crippen LogP contribution in [0.15, 0.2) is 66.2 Å². The second-order valence-corrected chi connectivity index (χ2v) is 9.58. The minimum Gasteiger partial charge on any atom is -0.503 e. The summed E-state index contributed by atoms with van der Waals surface area (Å²) in [7, 11) is 0. The summed E-state index contributed by atoms with van der Waals surface area (Å²) in [6, 6.07) is 12.7. The summed E-state index contributed by atoms with van der Waals surface area (Å²) in [6.07, 6.45) is 8.29. The smallest absolute Gasteiger partial charge is 0.290 e. The number of aliphatic hydroxyl groups is 1. The molecular formula is C26H25N3O3S. The molecule has 1 fully saturated rings. The Morgan fingerprint density at radius 2 is 1.85 bits per heavy atom. The van der Waals surface area contributed by atoms with Crippen LogP contribution in [-0.2, 0) is 4.79 Å². The first-order chi connectivity index (χ1) is 16.1. The fraction of sp³-hybridized carbons (Fsp3) is 0.308. The average molecular weight is 460 g/mol. The fourth-order valence-corrected chi connectivity index (χ4v) is 5.92. The van der Waals surface area contributed by atoms with Crippen LogP contribution in [0, 0.1) is 6.92 Å². The number of aliphatic hydroxyl groups excluding tert-OH is 1. The van der Waals surface area contributed by atoms with Crippen LogP contribution in [0.25, 0.3) is 10.6 Å². The normalized spacial score (nSPS) is 19.4. The Balaban J connectivity index is 1.57. The maximum atomic E-state index is 13.8. The maximum Gasteiger partial charge on any atom is 0.290 e. The van der Waals surface area contributed by atoms with E-state index in [9.17, 15) is 14.7 Å². The fourth-order valence-electron chi connectivity index (χ4n) is 4.89. The van der Waals surface area contributed by atoms with Gasteiger partial charge in [-0.1, -0.05) is 55.7 Å². The van der Waals surface area contributed by atoms with Gasteiger partial charge >= 0.3 is 0 Å². The van der Waals surface area contributed by atoms with Crippen molar-refractivity contribution in [3.05, 3.63) is 82.3 Å². The number of benzene rings is 1. The average Bonchev–Trinajstić information content (AvgIpc) is 3.38. The van der Waals surface area contributed by atoms with Gasteiger partial charge in [0.15, 0.2) is 5.76 Å². The number of carbonyl (C=O) groups is 2. The standard InChI is InChI=1S/C26H25N3O3S/c1-16-24(33-25(28-16)17-9-4-2-5-10-17)22(30)20-21(18-11-8-14-27-15-18)29(26(32)23(20)31)19-12-6-3-7-13-19/h2,4-5,8-11,14-15,19,21,31H,3,6-7,12-13H2,1H3. The summed E-state index contributed by atoms with van der Waals surface area (Å²) in [5.74, 6) is -1.26. The molecule has 1 amide bonds. The predicted molar refractivity (Wildman–Crippen MR) is 127 cm³/mol. The molecule has 1 saturated carbocycles. The number of aryl methyl sites for hydroxylation is 1. The van der Waals surface area contributed by atoms with Gasteiger partial charge in [-0.3, -0.25) is 14.6 Å². The second-order valence-electron chi connectivity index (χ2n) is 8.58. The number of hydrogen-bond donors (Lipinski definition) is 1. The van der Waals surface area contributed by atoms with Gasteiger partial charge < -0.3 is 10.0 Å². The zero-order valence-electron chi connectivity index (χ0n) is 18.4. The van der Waals surface area contributed by atoms with Crippen molar-refractivity contribution in [3.8, 4) is 10.6 Å². The van der Waals surface area contributed by atoms with Gasteiger partial charge in [-0.25, -0.2) is 4.98 Å². The van der Waals surface area contributed by atoms with E-state index in [0.29, 0.717) is 10.6 Å². The lowest BCUT2D eigenvalue weighted by molar-refractivity contribution is -0.132. The molecule has 1 atom stereocenters. The highest BCUT2D eigenvalue weighted by molar-refractivity contribution is 7.17. The van der Waals surface area contributed by atoms with E-state index in [1.54, 1.807) is 30.3 Å². The molecule has 2 aromatic heterocycles. The van der Waals surface area contributed by atoms with E-state index in [4.69, 9.17) is 0 Å². The Hall–Kier alpha value is -3.32. The third kappa shape index (κ3) is 3.86. The molecule has 0 bridgehead atoms. The summed E-state index contributed by atoms with van der Waals surface area (Å²) in [5.41, 5.74) is 2.38. The number of pyridine rings is 1. The molecule has 3 aromatic rings. The SMILES string of the molecule is Cc1nc(-c2ccccc2)sc1C(=O)C1=C(O)C(=O)N(C2CCCCC2)C1c1cccnc1. The molecule has 2 aliphatic rings. The van der Waals surface area contributed by atoms with E-state index >= 15 is 0 Å². The highest BCUT2D eigenvalue weighted by Gasteiger charge is 2.47. The molecule has 168 valence electrons. The quantitative estimate of drug-likeness (QED) is 0.515. The van der Waals surface area contributed by atoms with Crippen molar-refractivity contribution in [1.29, 1.82) is 0 Å². The van der Waals surface area contributed by atoms with Crippen LogP contribution in [0.5, 0.6) is 0 Å². The van der Waals surface area contributed by atoms with Crippen molar-refractivity contribution in [2.75, 3.05) is 0 Å². The first-order valence-corrected chi connectivity index (χ1v) is 12.1. The zero-order chi connectivity index (χ0) is 22.9. The van der Waals surface area contributed by atoms with Gasteiger partial charge in [0.05, 0.1) is 22.2 Å². The van der Waals surface area contributed by atoms with E-state index in [1.807, 2.05) is 36.4 Å². The first kappa shape index (κ1) is 21.5. The number of Topliss-reactive ketones (excluding diaryl/α,β-unsaturated/α-hetero) is 1. The van der Waals surface area contributed by atoms with E-state index in [1.165, 1.54) is 11.3 Å². The molecule has 5 rings (SSSR count). The predicted octanol–water partition coefficient (Wildman–Crippen LogP) is 5.42. The monoisotopic (exact) mass is 459 g/mol.